The lowest BCUT2D eigenvalue weighted by atomic mass is 10.3. The van der Waals surface area contributed by atoms with Crippen LogP contribution >= 0.6 is 0 Å². The first-order valence-corrected chi connectivity index (χ1v) is 3.23. The molecule has 0 spiro atoms. The molecule has 5 heteroatoms. The van der Waals surface area contributed by atoms with Gasteiger partial charge in [-0.2, -0.15) is 0 Å². The highest BCUT2D eigenvalue weighted by Crippen LogP contribution is 2.14. The Labute approximate surface area is 67.5 Å². The molecule has 0 amide bonds. The van der Waals surface area contributed by atoms with Crippen LogP contribution in [0, 0.1) is 0 Å². The van der Waals surface area contributed by atoms with Crippen LogP contribution in [0.25, 0.3) is 0 Å². The van der Waals surface area contributed by atoms with Gasteiger partial charge < -0.3 is 0 Å². The van der Waals surface area contributed by atoms with Crippen LogP contribution in [0.1, 0.15) is 29.7 Å². The smallest absolute Gasteiger partial charge is 0.280 e. The fourth-order valence-electron chi connectivity index (χ4n) is 0.664. The van der Waals surface area contributed by atoms with Crippen molar-refractivity contribution in [1.29, 1.82) is 0 Å². The number of rotatable bonds is 2. The molecule has 1 heterocycles. The SMILES string of the molecule is CC(=O)c1nccc(C(F)F)n1. The topological polar surface area (TPSA) is 42.9 Å². The molecule has 1 aromatic rings. The highest BCUT2D eigenvalue weighted by molar-refractivity contribution is 5.90. The minimum atomic E-state index is -2.66. The van der Waals surface area contributed by atoms with Crippen molar-refractivity contribution in [2.24, 2.45) is 0 Å². The molecule has 0 radical (unpaired) electrons. The minimum Gasteiger partial charge on any atom is -0.291 e. The van der Waals surface area contributed by atoms with Gasteiger partial charge in [0.1, 0.15) is 5.69 Å². The van der Waals surface area contributed by atoms with Crippen molar-refractivity contribution in [2.45, 2.75) is 13.3 Å². The number of Topliss-reactive ketones (excluding diaryl/α,β-unsaturated/α-hetero) is 1. The summed E-state index contributed by atoms with van der Waals surface area (Å²) >= 11 is 0. The third-order valence-corrected chi connectivity index (χ3v) is 1.22. The Morgan fingerprint density at radius 3 is 2.75 bits per heavy atom. The summed E-state index contributed by atoms with van der Waals surface area (Å²) in [5.41, 5.74) is -0.421. The standard InChI is InChI=1S/C7H6F2N2O/c1-4(12)7-10-3-2-5(11-7)6(8)9/h2-3,6H,1H3. The second-order valence-electron chi connectivity index (χ2n) is 2.16. The number of nitrogens with zero attached hydrogens (tertiary/aromatic N) is 2. The van der Waals surface area contributed by atoms with E-state index >= 15 is 0 Å². The summed E-state index contributed by atoms with van der Waals surface area (Å²) in [6, 6.07) is 1.08. The van der Waals surface area contributed by atoms with Gasteiger partial charge in [-0.25, -0.2) is 18.7 Å². The van der Waals surface area contributed by atoms with Gasteiger partial charge in [-0.15, -0.1) is 0 Å². The highest BCUT2D eigenvalue weighted by Gasteiger charge is 2.11. The van der Waals surface area contributed by atoms with Crippen LogP contribution in [-0.4, -0.2) is 15.8 Å². The molecule has 0 atom stereocenters. The van der Waals surface area contributed by atoms with Gasteiger partial charge in [0.2, 0.25) is 0 Å². The van der Waals surface area contributed by atoms with Crippen molar-refractivity contribution in [3.63, 3.8) is 0 Å². The molecule has 0 N–H and O–H groups in total. The number of aromatic nitrogens is 2. The fourth-order valence-corrected chi connectivity index (χ4v) is 0.664. The van der Waals surface area contributed by atoms with Gasteiger partial charge in [0.25, 0.3) is 6.43 Å². The number of hydrogen-bond acceptors (Lipinski definition) is 3. The lowest BCUT2D eigenvalue weighted by Crippen LogP contribution is -2.03. The summed E-state index contributed by atoms with van der Waals surface area (Å²) in [5.74, 6) is -0.592. The molecule has 0 aliphatic carbocycles. The molecular formula is C7H6F2N2O. The number of carbonyl (C=O) groups is 1. The lowest BCUT2D eigenvalue weighted by Gasteiger charge is -1.98. The summed E-state index contributed by atoms with van der Waals surface area (Å²) in [7, 11) is 0. The van der Waals surface area contributed by atoms with Crippen molar-refractivity contribution in [3.8, 4) is 0 Å². The van der Waals surface area contributed by atoms with Gasteiger partial charge in [-0.1, -0.05) is 0 Å². The molecule has 1 aromatic heterocycles. The molecule has 0 fully saturated rings. The Hall–Kier alpha value is -1.39. The van der Waals surface area contributed by atoms with E-state index in [1.807, 2.05) is 0 Å². The van der Waals surface area contributed by atoms with E-state index in [1.165, 1.54) is 6.92 Å². The zero-order valence-electron chi connectivity index (χ0n) is 6.29. The average molecular weight is 172 g/mol. The molecule has 3 nitrogen and oxygen atoms in total. The molecule has 12 heavy (non-hydrogen) atoms. The first kappa shape index (κ1) is 8.70. The predicted octanol–water partition coefficient (Wildman–Crippen LogP) is 1.62. The summed E-state index contributed by atoms with van der Waals surface area (Å²) in [5, 5.41) is 0. The van der Waals surface area contributed by atoms with Crippen LogP contribution in [0.3, 0.4) is 0 Å². The second-order valence-corrected chi connectivity index (χ2v) is 2.16. The summed E-state index contributed by atoms with van der Waals surface area (Å²) in [4.78, 5) is 17.5. The van der Waals surface area contributed by atoms with Crippen molar-refractivity contribution in [1.82, 2.24) is 9.97 Å². The largest absolute Gasteiger partial charge is 0.291 e. The van der Waals surface area contributed by atoms with Crippen molar-refractivity contribution >= 4 is 5.78 Å². The van der Waals surface area contributed by atoms with E-state index in [0.717, 1.165) is 12.3 Å². The lowest BCUT2D eigenvalue weighted by molar-refractivity contribution is 0.100. The summed E-state index contributed by atoms with van der Waals surface area (Å²) < 4.78 is 24.0. The minimum absolute atomic E-state index is 0.173. The van der Waals surface area contributed by atoms with Crippen LogP contribution in [0.2, 0.25) is 0 Å². The van der Waals surface area contributed by atoms with E-state index in [9.17, 15) is 13.6 Å². The normalized spacial score (nSPS) is 10.3. The van der Waals surface area contributed by atoms with Crippen molar-refractivity contribution in [3.05, 3.63) is 23.8 Å². The van der Waals surface area contributed by atoms with E-state index in [4.69, 9.17) is 0 Å². The molecule has 64 valence electrons. The molecule has 0 saturated carbocycles. The van der Waals surface area contributed by atoms with E-state index in [0.29, 0.717) is 0 Å². The Morgan fingerprint density at radius 1 is 1.58 bits per heavy atom. The Kier molecular flexibility index (Phi) is 2.42. The zero-order chi connectivity index (χ0) is 9.14. The highest BCUT2D eigenvalue weighted by atomic mass is 19.3. The van der Waals surface area contributed by atoms with Gasteiger partial charge in [0, 0.05) is 13.1 Å². The molecule has 0 aromatic carbocycles. The van der Waals surface area contributed by atoms with Gasteiger partial charge in [-0.05, 0) is 6.07 Å². The van der Waals surface area contributed by atoms with Gasteiger partial charge >= 0.3 is 0 Å². The fraction of sp³-hybridized carbons (Fsp3) is 0.286. The van der Waals surface area contributed by atoms with Gasteiger partial charge in [0.05, 0.1) is 0 Å². The van der Waals surface area contributed by atoms with Crippen LogP contribution in [0.4, 0.5) is 8.78 Å². The third kappa shape index (κ3) is 1.81. The van der Waals surface area contributed by atoms with Gasteiger partial charge in [-0.3, -0.25) is 4.79 Å². The van der Waals surface area contributed by atoms with Crippen LogP contribution in [0.5, 0.6) is 0 Å². The number of halogens is 2. The molecule has 0 aliphatic heterocycles. The maximum atomic E-state index is 12.0. The van der Waals surface area contributed by atoms with Crippen LogP contribution < -0.4 is 0 Å². The predicted molar refractivity (Wildman–Crippen MR) is 37.0 cm³/mol. The number of carbonyl (C=O) groups excluding carboxylic acids is 1. The molecule has 1 rings (SSSR count). The third-order valence-electron chi connectivity index (χ3n) is 1.22. The van der Waals surface area contributed by atoms with Crippen LogP contribution in [-0.2, 0) is 0 Å². The van der Waals surface area contributed by atoms with Crippen molar-refractivity contribution < 1.29 is 13.6 Å². The summed E-state index contributed by atoms with van der Waals surface area (Å²) in [6.07, 6.45) is -1.52. The number of alkyl halides is 2. The van der Waals surface area contributed by atoms with E-state index in [2.05, 4.69) is 9.97 Å². The molecule has 0 aliphatic rings. The van der Waals surface area contributed by atoms with E-state index in [1.54, 1.807) is 0 Å². The molecule has 0 unspecified atom stereocenters. The van der Waals surface area contributed by atoms with Crippen LogP contribution in [0.15, 0.2) is 12.3 Å². The monoisotopic (exact) mass is 172 g/mol. The Morgan fingerprint density at radius 2 is 2.25 bits per heavy atom. The maximum Gasteiger partial charge on any atom is 0.280 e. The number of hydrogen-bond donors (Lipinski definition) is 0. The van der Waals surface area contributed by atoms with E-state index in [-0.39, 0.29) is 5.82 Å². The first-order chi connectivity index (χ1) is 5.61. The average Bonchev–Trinajstić information content (AvgIpc) is 2.04. The number of ketones is 1. The Balaban J connectivity index is 3.04. The Bertz CT molecular complexity index is 301. The van der Waals surface area contributed by atoms with Crippen molar-refractivity contribution in [2.75, 3.05) is 0 Å². The summed E-state index contributed by atoms with van der Waals surface area (Å²) in [6.45, 7) is 1.23. The first-order valence-electron chi connectivity index (χ1n) is 3.23. The van der Waals surface area contributed by atoms with E-state index < -0.39 is 17.9 Å². The maximum absolute atomic E-state index is 12.0. The molecule has 0 saturated heterocycles. The zero-order valence-corrected chi connectivity index (χ0v) is 6.29. The molecule has 0 bridgehead atoms. The second kappa shape index (κ2) is 3.34. The quantitative estimate of drug-likeness (QED) is 0.636. The molecular weight excluding hydrogens is 166 g/mol. The van der Waals surface area contributed by atoms with Gasteiger partial charge in [0.15, 0.2) is 11.6 Å².